The van der Waals surface area contributed by atoms with Crippen molar-refractivity contribution in [2.24, 2.45) is 5.92 Å². The molecule has 2 heteroatoms. The first kappa shape index (κ1) is 12.8. The minimum absolute atomic E-state index is 0.908. The smallest absolute Gasteiger partial charge is 0.0417 e. The Labute approximate surface area is 117 Å². The fourth-order valence-electron chi connectivity index (χ4n) is 3.70. The van der Waals surface area contributed by atoms with E-state index in [-0.39, 0.29) is 0 Å². The Morgan fingerprint density at radius 3 is 2.84 bits per heavy atom. The summed E-state index contributed by atoms with van der Waals surface area (Å²) in [6, 6.07) is 6.73. The van der Waals surface area contributed by atoms with Crippen LogP contribution in [0.4, 0.5) is 11.4 Å². The summed E-state index contributed by atoms with van der Waals surface area (Å²) in [5, 5.41) is 3.53. The summed E-state index contributed by atoms with van der Waals surface area (Å²) in [5.41, 5.74) is 4.35. The second kappa shape index (κ2) is 5.85. The highest BCUT2D eigenvalue weighted by atomic mass is 15.1. The number of anilines is 2. The Bertz CT molecular complexity index is 421. The van der Waals surface area contributed by atoms with Crippen molar-refractivity contribution in [3.05, 3.63) is 23.8 Å². The van der Waals surface area contributed by atoms with Crippen LogP contribution in [0, 0.1) is 5.92 Å². The molecule has 0 bridgehead atoms. The Hall–Kier alpha value is -1.18. The van der Waals surface area contributed by atoms with Crippen LogP contribution in [0.15, 0.2) is 18.2 Å². The van der Waals surface area contributed by atoms with Crippen LogP contribution in [0.25, 0.3) is 0 Å². The first-order valence-corrected chi connectivity index (χ1v) is 7.91. The van der Waals surface area contributed by atoms with Gasteiger partial charge in [-0.2, -0.15) is 0 Å². The Morgan fingerprint density at radius 2 is 2.00 bits per heavy atom. The van der Waals surface area contributed by atoms with Crippen molar-refractivity contribution in [1.82, 2.24) is 0 Å². The molecule has 1 saturated carbocycles. The van der Waals surface area contributed by atoms with Gasteiger partial charge in [0.05, 0.1) is 0 Å². The molecule has 1 aliphatic carbocycles. The van der Waals surface area contributed by atoms with Gasteiger partial charge in [-0.3, -0.25) is 0 Å². The van der Waals surface area contributed by atoms with Crippen molar-refractivity contribution in [2.75, 3.05) is 30.4 Å². The first-order chi connectivity index (χ1) is 9.34. The van der Waals surface area contributed by atoms with E-state index >= 15 is 0 Å². The zero-order valence-corrected chi connectivity index (χ0v) is 12.1. The lowest BCUT2D eigenvalue weighted by atomic mass is 9.88. The van der Waals surface area contributed by atoms with Gasteiger partial charge in [0.1, 0.15) is 0 Å². The van der Waals surface area contributed by atoms with E-state index in [1.54, 1.807) is 0 Å². The Kier molecular flexibility index (Phi) is 3.95. The monoisotopic (exact) mass is 258 g/mol. The maximum Gasteiger partial charge on any atom is 0.0417 e. The van der Waals surface area contributed by atoms with Crippen molar-refractivity contribution in [3.63, 3.8) is 0 Å². The highest BCUT2D eigenvalue weighted by Crippen LogP contribution is 2.32. The topological polar surface area (TPSA) is 15.3 Å². The molecule has 0 amide bonds. The zero-order valence-electron chi connectivity index (χ0n) is 12.1. The average molecular weight is 258 g/mol. The van der Waals surface area contributed by atoms with Gasteiger partial charge in [0, 0.05) is 31.5 Å². The second-order valence-corrected chi connectivity index (χ2v) is 6.22. The summed E-state index contributed by atoms with van der Waals surface area (Å²) in [6.45, 7) is 2.36. The highest BCUT2D eigenvalue weighted by molar-refractivity contribution is 5.67. The number of nitrogens with zero attached hydrogens (tertiary/aromatic N) is 1. The van der Waals surface area contributed by atoms with Gasteiger partial charge < -0.3 is 10.2 Å². The molecule has 0 radical (unpaired) electrons. The molecule has 1 N–H and O–H groups in total. The van der Waals surface area contributed by atoms with Crippen molar-refractivity contribution >= 4 is 11.4 Å². The molecule has 1 aromatic carbocycles. The molecule has 3 rings (SSSR count). The number of hydrogen-bond acceptors (Lipinski definition) is 2. The van der Waals surface area contributed by atoms with Gasteiger partial charge in [0.2, 0.25) is 0 Å². The maximum atomic E-state index is 3.53. The molecule has 1 heterocycles. The fraction of sp³-hybridized carbons (Fsp3) is 0.647. The predicted molar refractivity (Wildman–Crippen MR) is 83.1 cm³/mol. The summed E-state index contributed by atoms with van der Waals surface area (Å²) in [4.78, 5) is 2.50. The van der Waals surface area contributed by atoms with Crippen LogP contribution >= 0.6 is 0 Å². The molecule has 104 valence electrons. The molecular weight excluding hydrogens is 232 g/mol. The van der Waals surface area contributed by atoms with E-state index in [1.807, 2.05) is 0 Å². The lowest BCUT2D eigenvalue weighted by molar-refractivity contribution is 0.362. The van der Waals surface area contributed by atoms with E-state index in [0.717, 1.165) is 12.5 Å². The average Bonchev–Trinajstić information content (AvgIpc) is 2.47. The molecule has 1 aromatic rings. The summed E-state index contributed by atoms with van der Waals surface area (Å²) >= 11 is 0. The molecule has 0 saturated heterocycles. The summed E-state index contributed by atoms with van der Waals surface area (Å²) in [7, 11) is 2.28. The molecule has 0 unspecified atom stereocenters. The van der Waals surface area contributed by atoms with E-state index in [9.17, 15) is 0 Å². The minimum atomic E-state index is 0.908. The molecule has 1 fully saturated rings. The number of fused-ring (bicyclic) bond motifs is 1. The summed E-state index contributed by atoms with van der Waals surface area (Å²) in [6.07, 6.45) is 9.68. The van der Waals surface area contributed by atoms with E-state index in [1.165, 1.54) is 68.4 Å². The molecule has 0 atom stereocenters. The van der Waals surface area contributed by atoms with Gasteiger partial charge in [-0.25, -0.2) is 0 Å². The van der Waals surface area contributed by atoms with Gasteiger partial charge in [-0.1, -0.05) is 25.3 Å². The Balaban J connectivity index is 1.73. The third-order valence-corrected chi connectivity index (χ3v) is 4.74. The van der Waals surface area contributed by atoms with Crippen LogP contribution in [-0.2, 0) is 6.42 Å². The van der Waals surface area contributed by atoms with Gasteiger partial charge in [0.25, 0.3) is 0 Å². The fourth-order valence-corrected chi connectivity index (χ4v) is 3.70. The molecule has 19 heavy (non-hydrogen) atoms. The largest absolute Gasteiger partial charge is 0.385 e. The van der Waals surface area contributed by atoms with Crippen LogP contribution in [0.2, 0.25) is 0 Å². The van der Waals surface area contributed by atoms with Crippen LogP contribution < -0.4 is 10.2 Å². The van der Waals surface area contributed by atoms with Crippen LogP contribution in [-0.4, -0.2) is 20.1 Å². The molecule has 0 spiro atoms. The first-order valence-electron chi connectivity index (χ1n) is 7.91. The number of rotatable bonds is 3. The van der Waals surface area contributed by atoms with Crippen LogP contribution in [0.1, 0.15) is 44.1 Å². The van der Waals surface area contributed by atoms with Crippen LogP contribution in [0.3, 0.4) is 0 Å². The molecule has 2 aliphatic rings. The van der Waals surface area contributed by atoms with E-state index in [4.69, 9.17) is 0 Å². The zero-order chi connectivity index (χ0) is 13.1. The SMILES string of the molecule is CN(CC1CCCCC1)c1cccc2c1CCCN2. The third-order valence-electron chi connectivity index (χ3n) is 4.74. The van der Waals surface area contributed by atoms with Crippen molar-refractivity contribution < 1.29 is 0 Å². The number of benzene rings is 1. The molecular formula is C17H26N2. The van der Waals surface area contributed by atoms with Gasteiger partial charge >= 0.3 is 0 Å². The Morgan fingerprint density at radius 1 is 1.16 bits per heavy atom. The van der Waals surface area contributed by atoms with Gasteiger partial charge in [0.15, 0.2) is 0 Å². The predicted octanol–water partition coefficient (Wildman–Crippen LogP) is 4.06. The van der Waals surface area contributed by atoms with Gasteiger partial charge in [-0.15, -0.1) is 0 Å². The highest BCUT2D eigenvalue weighted by Gasteiger charge is 2.19. The van der Waals surface area contributed by atoms with E-state index < -0.39 is 0 Å². The van der Waals surface area contributed by atoms with E-state index in [2.05, 4.69) is 35.5 Å². The van der Waals surface area contributed by atoms with Gasteiger partial charge in [-0.05, 0) is 49.3 Å². The van der Waals surface area contributed by atoms with E-state index in [0.29, 0.717) is 0 Å². The van der Waals surface area contributed by atoms with Crippen LogP contribution in [0.5, 0.6) is 0 Å². The number of nitrogens with one attached hydrogen (secondary N) is 1. The summed E-state index contributed by atoms with van der Waals surface area (Å²) < 4.78 is 0. The third kappa shape index (κ3) is 2.88. The quantitative estimate of drug-likeness (QED) is 0.879. The molecule has 2 nitrogen and oxygen atoms in total. The second-order valence-electron chi connectivity index (χ2n) is 6.22. The lowest BCUT2D eigenvalue weighted by Gasteiger charge is -2.31. The van der Waals surface area contributed by atoms with Crippen molar-refractivity contribution in [3.8, 4) is 0 Å². The van der Waals surface area contributed by atoms with Crippen molar-refractivity contribution in [1.29, 1.82) is 0 Å². The standard InChI is InChI=1S/C17H26N2/c1-19(13-14-7-3-2-4-8-14)17-11-5-10-16-15(17)9-6-12-18-16/h5,10-11,14,18H,2-4,6-9,12-13H2,1H3. The summed E-state index contributed by atoms with van der Waals surface area (Å²) in [5.74, 6) is 0.908. The normalized spacial score (nSPS) is 19.6. The minimum Gasteiger partial charge on any atom is -0.385 e. The molecule has 1 aliphatic heterocycles. The maximum absolute atomic E-state index is 3.53. The number of hydrogen-bond donors (Lipinski definition) is 1. The molecule has 0 aromatic heterocycles. The lowest BCUT2D eigenvalue weighted by Crippen LogP contribution is -2.28. The van der Waals surface area contributed by atoms with Crippen molar-refractivity contribution in [2.45, 2.75) is 44.9 Å².